The first-order valence-electron chi connectivity index (χ1n) is 10.0. The maximum atomic E-state index is 13.6. The van der Waals surface area contributed by atoms with E-state index in [0.29, 0.717) is 29.8 Å². The van der Waals surface area contributed by atoms with Gasteiger partial charge < -0.3 is 10.1 Å². The number of fused-ring (bicyclic) bond motifs is 1. The van der Waals surface area contributed by atoms with Crippen molar-refractivity contribution in [1.82, 2.24) is 24.8 Å². The third-order valence-electron chi connectivity index (χ3n) is 5.06. The van der Waals surface area contributed by atoms with E-state index < -0.39 is 17.8 Å². The van der Waals surface area contributed by atoms with E-state index >= 15 is 0 Å². The van der Waals surface area contributed by atoms with E-state index in [0.717, 1.165) is 32.1 Å². The van der Waals surface area contributed by atoms with Gasteiger partial charge in [-0.05, 0) is 19.0 Å². The molecule has 2 aromatic heterocycles. The topological polar surface area (TPSA) is 71.8 Å². The van der Waals surface area contributed by atoms with Crippen LogP contribution in [0.1, 0.15) is 22.6 Å². The molecule has 10 heteroatoms. The van der Waals surface area contributed by atoms with Gasteiger partial charge in [-0.1, -0.05) is 30.3 Å². The molecule has 3 heterocycles. The van der Waals surface area contributed by atoms with Crippen LogP contribution in [-0.2, 0) is 10.9 Å². The van der Waals surface area contributed by atoms with Crippen molar-refractivity contribution in [2.24, 2.45) is 0 Å². The molecule has 164 valence electrons. The van der Waals surface area contributed by atoms with E-state index in [1.165, 1.54) is 6.07 Å². The quantitative estimate of drug-likeness (QED) is 0.606. The Morgan fingerprint density at radius 1 is 1.13 bits per heavy atom. The molecule has 1 saturated heterocycles. The van der Waals surface area contributed by atoms with Crippen molar-refractivity contribution in [2.75, 3.05) is 39.4 Å². The predicted octanol–water partition coefficient (Wildman–Crippen LogP) is 2.87. The molecule has 1 amide bonds. The second-order valence-electron chi connectivity index (χ2n) is 7.25. The Balaban J connectivity index is 1.51. The highest BCUT2D eigenvalue weighted by atomic mass is 19.4. The van der Waals surface area contributed by atoms with Crippen LogP contribution in [0.3, 0.4) is 0 Å². The lowest BCUT2D eigenvalue weighted by Gasteiger charge is -2.26. The van der Waals surface area contributed by atoms with Crippen molar-refractivity contribution in [3.8, 4) is 11.3 Å². The van der Waals surface area contributed by atoms with Crippen LogP contribution in [0.2, 0.25) is 0 Å². The third-order valence-corrected chi connectivity index (χ3v) is 5.06. The van der Waals surface area contributed by atoms with Gasteiger partial charge >= 0.3 is 6.18 Å². The molecule has 0 radical (unpaired) electrons. The zero-order chi connectivity index (χ0) is 21.8. The summed E-state index contributed by atoms with van der Waals surface area (Å²) in [5.41, 5.74) is -0.409. The largest absolute Gasteiger partial charge is 0.433 e. The van der Waals surface area contributed by atoms with Gasteiger partial charge in [0.05, 0.1) is 18.9 Å². The number of amides is 1. The minimum Gasteiger partial charge on any atom is -0.379 e. The van der Waals surface area contributed by atoms with Gasteiger partial charge in [-0.15, -0.1) is 0 Å². The SMILES string of the molecule is O=C(NCCCN1CCOCC1)c1cc2nc(-c3ccccc3)cc(C(F)(F)F)n2n1. The molecule has 0 saturated carbocycles. The van der Waals surface area contributed by atoms with Crippen molar-refractivity contribution in [3.63, 3.8) is 0 Å². The number of alkyl halides is 3. The van der Waals surface area contributed by atoms with Gasteiger partial charge in [-0.3, -0.25) is 9.69 Å². The highest BCUT2D eigenvalue weighted by molar-refractivity contribution is 5.93. The molecule has 0 spiro atoms. The summed E-state index contributed by atoms with van der Waals surface area (Å²) in [5.74, 6) is -0.526. The van der Waals surface area contributed by atoms with Gasteiger partial charge in [0.2, 0.25) is 0 Å². The molecule has 1 N–H and O–H groups in total. The standard InChI is InChI=1S/C21H22F3N5O2/c22-21(23,24)18-13-16(15-5-2-1-3-6-15)26-19-14-17(27-29(18)19)20(30)25-7-4-8-28-9-11-31-12-10-28/h1-3,5-6,13-14H,4,7-12H2,(H,25,30). The van der Waals surface area contributed by atoms with Crippen molar-refractivity contribution in [3.05, 3.63) is 53.9 Å². The molecular formula is C21H22F3N5O2. The van der Waals surface area contributed by atoms with Gasteiger partial charge in [0.25, 0.3) is 5.91 Å². The first-order chi connectivity index (χ1) is 14.9. The van der Waals surface area contributed by atoms with Crippen LogP contribution in [0.15, 0.2) is 42.5 Å². The lowest BCUT2D eigenvalue weighted by Crippen LogP contribution is -2.38. The summed E-state index contributed by atoms with van der Waals surface area (Å²) in [6, 6.07) is 10.8. The number of carbonyl (C=O) groups is 1. The highest BCUT2D eigenvalue weighted by Gasteiger charge is 2.35. The first kappa shape index (κ1) is 21.3. The van der Waals surface area contributed by atoms with E-state index in [2.05, 4.69) is 20.3 Å². The second kappa shape index (κ2) is 9.03. The van der Waals surface area contributed by atoms with E-state index in [9.17, 15) is 18.0 Å². The maximum Gasteiger partial charge on any atom is 0.433 e. The lowest BCUT2D eigenvalue weighted by molar-refractivity contribution is -0.142. The number of rotatable bonds is 6. The Morgan fingerprint density at radius 3 is 2.58 bits per heavy atom. The lowest BCUT2D eigenvalue weighted by atomic mass is 10.1. The molecule has 0 unspecified atom stereocenters. The van der Waals surface area contributed by atoms with Crippen LogP contribution in [0.25, 0.3) is 16.9 Å². The van der Waals surface area contributed by atoms with Crippen LogP contribution in [0.4, 0.5) is 13.2 Å². The average Bonchev–Trinajstić information content (AvgIpc) is 3.21. The van der Waals surface area contributed by atoms with E-state index in [-0.39, 0.29) is 17.0 Å². The van der Waals surface area contributed by atoms with Gasteiger partial charge in [-0.2, -0.15) is 18.3 Å². The Labute approximate surface area is 176 Å². The van der Waals surface area contributed by atoms with Crippen molar-refractivity contribution < 1.29 is 22.7 Å². The monoisotopic (exact) mass is 433 g/mol. The average molecular weight is 433 g/mol. The van der Waals surface area contributed by atoms with Crippen LogP contribution in [0, 0.1) is 0 Å². The van der Waals surface area contributed by atoms with Crippen LogP contribution in [-0.4, -0.2) is 64.8 Å². The zero-order valence-corrected chi connectivity index (χ0v) is 16.7. The molecule has 3 aromatic rings. The minimum atomic E-state index is -4.65. The molecule has 1 aliphatic rings. The molecule has 31 heavy (non-hydrogen) atoms. The summed E-state index contributed by atoms with van der Waals surface area (Å²) in [5, 5.41) is 6.60. The summed E-state index contributed by atoms with van der Waals surface area (Å²) in [6.07, 6.45) is -3.92. The number of hydrogen-bond donors (Lipinski definition) is 1. The number of benzene rings is 1. The predicted molar refractivity (Wildman–Crippen MR) is 108 cm³/mol. The van der Waals surface area contributed by atoms with Gasteiger partial charge in [0.1, 0.15) is 0 Å². The van der Waals surface area contributed by atoms with Gasteiger partial charge in [0, 0.05) is 31.3 Å². The van der Waals surface area contributed by atoms with Crippen LogP contribution < -0.4 is 5.32 Å². The number of hydrogen-bond acceptors (Lipinski definition) is 5. The second-order valence-corrected chi connectivity index (χ2v) is 7.25. The molecule has 0 bridgehead atoms. The minimum absolute atomic E-state index is 0.0351. The van der Waals surface area contributed by atoms with Crippen molar-refractivity contribution in [2.45, 2.75) is 12.6 Å². The maximum absolute atomic E-state index is 13.6. The number of nitrogens with one attached hydrogen (secondary N) is 1. The van der Waals surface area contributed by atoms with Crippen LogP contribution >= 0.6 is 0 Å². The zero-order valence-electron chi connectivity index (χ0n) is 16.7. The molecule has 1 fully saturated rings. The number of nitrogens with zero attached hydrogens (tertiary/aromatic N) is 4. The Kier molecular flexibility index (Phi) is 6.19. The number of ether oxygens (including phenoxy) is 1. The molecule has 7 nitrogen and oxygen atoms in total. The number of carbonyl (C=O) groups excluding carboxylic acids is 1. The smallest absolute Gasteiger partial charge is 0.379 e. The van der Waals surface area contributed by atoms with E-state index in [1.807, 2.05) is 0 Å². The molecule has 1 aromatic carbocycles. The molecular weight excluding hydrogens is 411 g/mol. The Morgan fingerprint density at radius 2 is 1.87 bits per heavy atom. The van der Waals surface area contributed by atoms with Gasteiger partial charge in [0.15, 0.2) is 17.0 Å². The number of morpholine rings is 1. The Hall–Kier alpha value is -2.98. The summed E-state index contributed by atoms with van der Waals surface area (Å²) in [6.45, 7) is 4.33. The van der Waals surface area contributed by atoms with E-state index in [4.69, 9.17) is 4.74 Å². The Bertz CT molecular complexity index is 1050. The van der Waals surface area contributed by atoms with Gasteiger partial charge in [-0.25, -0.2) is 9.50 Å². The van der Waals surface area contributed by atoms with Crippen LogP contribution in [0.5, 0.6) is 0 Å². The number of halogens is 3. The molecule has 0 atom stereocenters. The summed E-state index contributed by atoms with van der Waals surface area (Å²) in [7, 11) is 0. The highest BCUT2D eigenvalue weighted by Crippen LogP contribution is 2.32. The molecule has 0 aliphatic carbocycles. The summed E-state index contributed by atoms with van der Waals surface area (Å²) in [4.78, 5) is 19.0. The fourth-order valence-corrected chi connectivity index (χ4v) is 3.46. The first-order valence-corrected chi connectivity index (χ1v) is 10.0. The number of aromatic nitrogens is 3. The van der Waals surface area contributed by atoms with Crippen molar-refractivity contribution >= 4 is 11.6 Å². The molecule has 4 rings (SSSR count). The normalized spacial score (nSPS) is 15.3. The fourth-order valence-electron chi connectivity index (χ4n) is 3.46. The third kappa shape index (κ3) is 5.02. The van der Waals surface area contributed by atoms with E-state index in [1.54, 1.807) is 30.3 Å². The summed E-state index contributed by atoms with van der Waals surface area (Å²) < 4.78 is 46.9. The fraction of sp³-hybridized carbons (Fsp3) is 0.381. The van der Waals surface area contributed by atoms with Crippen molar-refractivity contribution in [1.29, 1.82) is 0 Å². The summed E-state index contributed by atoms with van der Waals surface area (Å²) >= 11 is 0. The molecule has 1 aliphatic heterocycles.